The predicted octanol–water partition coefficient (Wildman–Crippen LogP) is 2.49. The lowest BCUT2D eigenvalue weighted by molar-refractivity contribution is 0.0652. The van der Waals surface area contributed by atoms with E-state index >= 15 is 0 Å². The molecule has 82 valence electrons. The molecule has 0 spiro atoms. The maximum Gasteiger partial charge on any atom is 0.392 e. The van der Waals surface area contributed by atoms with Crippen LogP contribution in [0.25, 0.3) is 11.3 Å². The zero-order valence-corrected chi connectivity index (χ0v) is 8.40. The van der Waals surface area contributed by atoms with Gasteiger partial charge in [0.15, 0.2) is 0 Å². The van der Waals surface area contributed by atoms with E-state index in [2.05, 4.69) is 4.98 Å². The van der Waals surface area contributed by atoms with Gasteiger partial charge in [0, 0.05) is 5.56 Å². The minimum Gasteiger partial charge on any atom is -0.474 e. The smallest absolute Gasteiger partial charge is 0.392 e. The van der Waals surface area contributed by atoms with Gasteiger partial charge in [0.05, 0.1) is 0 Å². The summed E-state index contributed by atoms with van der Waals surface area (Å²) in [6.45, 7) is 1.61. The summed E-state index contributed by atoms with van der Waals surface area (Å²) in [4.78, 5) is 14.5. The molecular weight excluding hydrogens is 213 g/mol. The van der Waals surface area contributed by atoms with Crippen LogP contribution in [0, 0.1) is 12.7 Å². The van der Waals surface area contributed by atoms with Crippen molar-refractivity contribution in [3.63, 3.8) is 0 Å². The number of oxazole rings is 1. The van der Waals surface area contributed by atoms with Crippen molar-refractivity contribution in [1.29, 1.82) is 0 Å². The number of aromatic nitrogens is 1. The summed E-state index contributed by atoms with van der Waals surface area (Å²) < 4.78 is 17.7. The number of aromatic carboxylic acids is 1. The monoisotopic (exact) mass is 221 g/mol. The predicted molar refractivity (Wildman–Crippen MR) is 53.6 cm³/mol. The number of hydrogen-bond acceptors (Lipinski definition) is 3. The maximum atomic E-state index is 12.7. The Bertz CT molecular complexity index is 531. The van der Waals surface area contributed by atoms with Crippen molar-refractivity contribution in [2.75, 3.05) is 0 Å². The largest absolute Gasteiger partial charge is 0.474 e. The molecule has 0 unspecified atom stereocenters. The zero-order chi connectivity index (χ0) is 11.7. The highest BCUT2D eigenvalue weighted by atomic mass is 19.1. The van der Waals surface area contributed by atoms with Crippen LogP contribution >= 0.6 is 0 Å². The van der Waals surface area contributed by atoms with Crippen molar-refractivity contribution in [2.24, 2.45) is 0 Å². The molecule has 0 bridgehead atoms. The van der Waals surface area contributed by atoms with Crippen LogP contribution in [0.3, 0.4) is 0 Å². The third-order valence-corrected chi connectivity index (χ3v) is 2.10. The number of aryl methyl sites for hydroxylation is 1. The first-order valence-corrected chi connectivity index (χ1v) is 4.54. The standard InChI is InChI=1S/C11H8FNO3/c1-6-9(13-10(16-6)11(14)15)7-2-4-8(12)5-3-7/h2-5H,1H3,(H,14,15). The quantitative estimate of drug-likeness (QED) is 0.846. The summed E-state index contributed by atoms with van der Waals surface area (Å²) in [6, 6.07) is 5.60. The second-order valence-corrected chi connectivity index (χ2v) is 3.24. The van der Waals surface area contributed by atoms with E-state index in [4.69, 9.17) is 9.52 Å². The first kappa shape index (κ1) is 10.4. The Labute approximate surface area is 90.4 Å². The van der Waals surface area contributed by atoms with Crippen LogP contribution in [0.2, 0.25) is 0 Å². The first-order chi connectivity index (χ1) is 7.58. The van der Waals surface area contributed by atoms with Gasteiger partial charge in [-0.05, 0) is 31.2 Å². The van der Waals surface area contributed by atoms with E-state index in [0.717, 1.165) is 0 Å². The van der Waals surface area contributed by atoms with Gasteiger partial charge in [0.2, 0.25) is 0 Å². The molecule has 1 N–H and O–H groups in total. The number of benzene rings is 1. The van der Waals surface area contributed by atoms with Gasteiger partial charge in [-0.15, -0.1) is 0 Å². The first-order valence-electron chi connectivity index (χ1n) is 4.54. The summed E-state index contributed by atoms with van der Waals surface area (Å²) in [5.41, 5.74) is 1.03. The number of carboxylic acids is 1. The molecule has 16 heavy (non-hydrogen) atoms. The lowest BCUT2D eigenvalue weighted by Crippen LogP contribution is -1.95. The van der Waals surface area contributed by atoms with E-state index in [1.165, 1.54) is 24.3 Å². The third-order valence-electron chi connectivity index (χ3n) is 2.10. The number of rotatable bonds is 2. The van der Waals surface area contributed by atoms with Gasteiger partial charge in [-0.25, -0.2) is 14.2 Å². The highest BCUT2D eigenvalue weighted by Crippen LogP contribution is 2.23. The van der Waals surface area contributed by atoms with Crippen molar-refractivity contribution in [3.8, 4) is 11.3 Å². The van der Waals surface area contributed by atoms with Gasteiger partial charge in [0.1, 0.15) is 17.3 Å². The lowest BCUT2D eigenvalue weighted by Gasteiger charge is -1.96. The maximum absolute atomic E-state index is 12.7. The van der Waals surface area contributed by atoms with Crippen LogP contribution in [0.15, 0.2) is 28.7 Å². The van der Waals surface area contributed by atoms with Crippen molar-refractivity contribution >= 4 is 5.97 Å². The molecule has 2 rings (SSSR count). The molecule has 4 nitrogen and oxygen atoms in total. The molecule has 0 atom stereocenters. The molecular formula is C11H8FNO3. The van der Waals surface area contributed by atoms with E-state index < -0.39 is 5.97 Å². The van der Waals surface area contributed by atoms with Crippen LogP contribution in [0.4, 0.5) is 4.39 Å². The van der Waals surface area contributed by atoms with Crippen LogP contribution in [0.1, 0.15) is 16.4 Å². The van der Waals surface area contributed by atoms with Gasteiger partial charge in [-0.1, -0.05) is 0 Å². The highest BCUT2D eigenvalue weighted by Gasteiger charge is 2.16. The molecule has 0 aliphatic heterocycles. The van der Waals surface area contributed by atoms with E-state index in [9.17, 15) is 9.18 Å². The molecule has 0 fully saturated rings. The summed E-state index contributed by atoms with van der Waals surface area (Å²) in [5.74, 6) is -1.55. The van der Waals surface area contributed by atoms with Crippen molar-refractivity contribution in [3.05, 3.63) is 41.7 Å². The number of hydrogen-bond donors (Lipinski definition) is 1. The van der Waals surface area contributed by atoms with Crippen LogP contribution < -0.4 is 0 Å². The van der Waals surface area contributed by atoms with Crippen LogP contribution in [-0.2, 0) is 0 Å². The Kier molecular flexibility index (Phi) is 2.44. The van der Waals surface area contributed by atoms with E-state index in [1.54, 1.807) is 6.92 Å². The molecule has 0 saturated heterocycles. The van der Waals surface area contributed by atoms with Gasteiger partial charge < -0.3 is 9.52 Å². The number of carbonyl (C=O) groups is 1. The molecule has 1 aromatic heterocycles. The summed E-state index contributed by atoms with van der Waals surface area (Å²) >= 11 is 0. The minimum absolute atomic E-state index is 0.358. The fraction of sp³-hybridized carbons (Fsp3) is 0.0909. The number of halogens is 1. The van der Waals surface area contributed by atoms with Gasteiger partial charge in [-0.2, -0.15) is 0 Å². The molecule has 2 aromatic rings. The number of nitrogens with zero attached hydrogens (tertiary/aromatic N) is 1. The summed E-state index contributed by atoms with van der Waals surface area (Å²) in [5, 5.41) is 8.70. The fourth-order valence-electron chi connectivity index (χ4n) is 1.36. The molecule has 5 heteroatoms. The van der Waals surface area contributed by atoms with Gasteiger partial charge in [0.25, 0.3) is 0 Å². The Hall–Kier alpha value is -2.17. The molecule has 0 aliphatic rings. The van der Waals surface area contributed by atoms with Crippen molar-refractivity contribution in [1.82, 2.24) is 4.98 Å². The number of carboxylic acid groups (broad SMARTS) is 1. The second kappa shape index (κ2) is 3.77. The van der Waals surface area contributed by atoms with Crippen molar-refractivity contribution < 1.29 is 18.7 Å². The van der Waals surface area contributed by atoms with Crippen LogP contribution in [-0.4, -0.2) is 16.1 Å². The average molecular weight is 221 g/mol. The van der Waals surface area contributed by atoms with Gasteiger partial charge >= 0.3 is 11.9 Å². The Morgan fingerprint density at radius 1 is 1.38 bits per heavy atom. The third kappa shape index (κ3) is 1.79. The second-order valence-electron chi connectivity index (χ2n) is 3.24. The van der Waals surface area contributed by atoms with E-state index in [0.29, 0.717) is 17.0 Å². The van der Waals surface area contributed by atoms with Gasteiger partial charge in [-0.3, -0.25) is 0 Å². The normalized spacial score (nSPS) is 10.4. The molecule has 0 radical (unpaired) electrons. The average Bonchev–Trinajstić information content (AvgIpc) is 2.62. The van der Waals surface area contributed by atoms with Crippen LogP contribution in [0.5, 0.6) is 0 Å². The highest BCUT2D eigenvalue weighted by molar-refractivity contribution is 5.83. The van der Waals surface area contributed by atoms with E-state index in [1.807, 2.05) is 0 Å². The molecule has 0 aliphatic carbocycles. The van der Waals surface area contributed by atoms with Crippen molar-refractivity contribution in [2.45, 2.75) is 6.92 Å². The summed E-state index contributed by atoms with van der Waals surface area (Å²) in [7, 11) is 0. The lowest BCUT2D eigenvalue weighted by atomic mass is 10.1. The van der Waals surface area contributed by atoms with E-state index in [-0.39, 0.29) is 11.7 Å². The summed E-state index contributed by atoms with van der Waals surface area (Å²) in [6.07, 6.45) is 0. The molecule has 1 heterocycles. The molecule has 0 amide bonds. The zero-order valence-electron chi connectivity index (χ0n) is 8.40. The fourth-order valence-corrected chi connectivity index (χ4v) is 1.36. The minimum atomic E-state index is -1.23. The molecule has 1 aromatic carbocycles. The SMILES string of the molecule is Cc1oc(C(=O)O)nc1-c1ccc(F)cc1. The Morgan fingerprint density at radius 2 is 2.00 bits per heavy atom. The molecule has 0 saturated carbocycles. The topological polar surface area (TPSA) is 63.3 Å². The Balaban J connectivity index is 2.47. The Morgan fingerprint density at radius 3 is 2.50 bits per heavy atom.